The van der Waals surface area contributed by atoms with Gasteiger partial charge in [0.25, 0.3) is 0 Å². The van der Waals surface area contributed by atoms with Crippen molar-refractivity contribution in [2.24, 2.45) is 10.7 Å². The van der Waals surface area contributed by atoms with Crippen LogP contribution in [0.15, 0.2) is 65.8 Å². The maximum atomic E-state index is 12.3. The quantitative estimate of drug-likeness (QED) is 0.387. The smallest absolute Gasteiger partial charge is 0.361 e. The summed E-state index contributed by atoms with van der Waals surface area (Å²) in [5.41, 5.74) is 8.38. The van der Waals surface area contributed by atoms with Crippen molar-refractivity contribution < 1.29 is 14.3 Å². The molecule has 7 nitrogen and oxygen atoms in total. The highest BCUT2D eigenvalue weighted by atomic mass is 16.5. The van der Waals surface area contributed by atoms with Gasteiger partial charge in [0, 0.05) is 6.42 Å². The third kappa shape index (κ3) is 4.56. The number of nitrogens with two attached hydrogens (primary N) is 1. The Hall–Kier alpha value is -3.61. The Balaban J connectivity index is 1.94. The van der Waals surface area contributed by atoms with E-state index in [-0.39, 0.29) is 12.3 Å². The largest absolute Gasteiger partial charge is 0.497 e. The number of aromatic nitrogens is 2. The molecule has 0 unspecified atom stereocenters. The van der Waals surface area contributed by atoms with E-state index >= 15 is 0 Å². The lowest BCUT2D eigenvalue weighted by atomic mass is 10.1. The lowest BCUT2D eigenvalue weighted by Crippen LogP contribution is -2.15. The maximum absolute atomic E-state index is 12.3. The number of esters is 1. The Kier molecular flexibility index (Phi) is 6.06. The molecule has 144 valence electrons. The molecule has 0 aliphatic heterocycles. The fourth-order valence-corrected chi connectivity index (χ4v) is 2.66. The molecule has 0 bridgehead atoms. The second kappa shape index (κ2) is 8.85. The summed E-state index contributed by atoms with van der Waals surface area (Å²) in [6.07, 6.45) is 2.13. The average Bonchev–Trinajstić information content (AvgIpc) is 3.12. The number of carbonyl (C=O) groups is 1. The zero-order valence-corrected chi connectivity index (χ0v) is 15.8. The summed E-state index contributed by atoms with van der Waals surface area (Å²) in [7, 11) is 1.60. The number of methoxy groups -OCH3 is 1. The number of carbonyl (C=O) groups excluding carboxylic acids is 1. The Bertz CT molecular complexity index is 963. The van der Waals surface area contributed by atoms with Crippen molar-refractivity contribution in [2.45, 2.75) is 13.3 Å². The molecule has 2 N–H and O–H groups in total. The van der Waals surface area contributed by atoms with Gasteiger partial charge in [0.15, 0.2) is 5.69 Å². The second-order valence-corrected chi connectivity index (χ2v) is 5.99. The summed E-state index contributed by atoms with van der Waals surface area (Å²) in [6, 6.07) is 17.0. The van der Waals surface area contributed by atoms with Crippen LogP contribution in [0, 0.1) is 0 Å². The van der Waals surface area contributed by atoms with E-state index in [0.29, 0.717) is 17.9 Å². The Morgan fingerprint density at radius 1 is 1.14 bits per heavy atom. The molecule has 0 spiro atoms. The van der Waals surface area contributed by atoms with Gasteiger partial charge in [-0.2, -0.15) is 5.10 Å². The van der Waals surface area contributed by atoms with Gasteiger partial charge in [-0.3, -0.25) is 0 Å². The third-order valence-electron chi connectivity index (χ3n) is 3.99. The predicted molar refractivity (Wildman–Crippen MR) is 108 cm³/mol. The first kappa shape index (κ1) is 19.2. The molecule has 0 aliphatic rings. The molecule has 0 saturated heterocycles. The molecule has 7 heteroatoms. The molecule has 2 aromatic carbocycles. The Morgan fingerprint density at radius 3 is 2.50 bits per heavy atom. The maximum Gasteiger partial charge on any atom is 0.361 e. The van der Waals surface area contributed by atoms with Crippen molar-refractivity contribution in [1.82, 2.24) is 9.78 Å². The summed E-state index contributed by atoms with van der Waals surface area (Å²) in [4.78, 5) is 16.7. The van der Waals surface area contributed by atoms with Crippen molar-refractivity contribution in [1.29, 1.82) is 0 Å². The van der Waals surface area contributed by atoms with E-state index in [1.807, 2.05) is 54.6 Å². The molecule has 28 heavy (non-hydrogen) atoms. The molecule has 3 rings (SSSR count). The van der Waals surface area contributed by atoms with Gasteiger partial charge >= 0.3 is 5.97 Å². The lowest BCUT2D eigenvalue weighted by molar-refractivity contribution is 0.0520. The number of rotatable bonds is 7. The van der Waals surface area contributed by atoms with Crippen LogP contribution in [-0.4, -0.2) is 35.3 Å². The van der Waals surface area contributed by atoms with Crippen LogP contribution in [0.5, 0.6) is 5.75 Å². The van der Waals surface area contributed by atoms with Gasteiger partial charge in [-0.05, 0) is 36.8 Å². The van der Waals surface area contributed by atoms with E-state index in [1.165, 1.54) is 0 Å². The highest BCUT2D eigenvalue weighted by Gasteiger charge is 2.19. The van der Waals surface area contributed by atoms with Crippen LogP contribution >= 0.6 is 0 Å². The number of nitrogens with zero attached hydrogens (tertiary/aromatic N) is 3. The molecule has 0 aliphatic carbocycles. The van der Waals surface area contributed by atoms with Crippen molar-refractivity contribution in [2.75, 3.05) is 13.7 Å². The normalized spacial score (nSPS) is 11.3. The predicted octanol–water partition coefficient (Wildman–Crippen LogP) is 3.29. The number of amidine groups is 1. The van der Waals surface area contributed by atoms with Crippen LogP contribution in [-0.2, 0) is 11.2 Å². The molecule has 0 saturated carbocycles. The number of hydrogen-bond acceptors (Lipinski definition) is 5. The van der Waals surface area contributed by atoms with Gasteiger partial charge < -0.3 is 15.2 Å². The Morgan fingerprint density at radius 2 is 1.86 bits per heavy atom. The van der Waals surface area contributed by atoms with Gasteiger partial charge in [-0.1, -0.05) is 30.3 Å². The van der Waals surface area contributed by atoms with Crippen molar-refractivity contribution in [3.63, 3.8) is 0 Å². The monoisotopic (exact) mass is 378 g/mol. The zero-order chi connectivity index (χ0) is 19.9. The number of aliphatic imine (C=N–C) groups is 1. The number of hydrogen-bond donors (Lipinski definition) is 1. The molecular formula is C21H22N4O3. The first-order valence-electron chi connectivity index (χ1n) is 8.89. The fraction of sp³-hybridized carbons (Fsp3) is 0.190. The first-order valence-corrected chi connectivity index (χ1v) is 8.89. The first-order chi connectivity index (χ1) is 13.6. The Labute approximate surface area is 163 Å². The van der Waals surface area contributed by atoms with E-state index in [4.69, 9.17) is 15.2 Å². The molecule has 0 fully saturated rings. The van der Waals surface area contributed by atoms with E-state index in [1.54, 1.807) is 24.9 Å². The van der Waals surface area contributed by atoms with Crippen molar-refractivity contribution in [3.8, 4) is 11.4 Å². The third-order valence-corrected chi connectivity index (χ3v) is 3.99. The fourth-order valence-electron chi connectivity index (χ4n) is 2.66. The second-order valence-electron chi connectivity index (χ2n) is 5.99. The molecule has 1 aromatic heterocycles. The van der Waals surface area contributed by atoms with Gasteiger partial charge in [-0.25, -0.2) is 14.5 Å². The van der Waals surface area contributed by atoms with Crippen molar-refractivity contribution >= 4 is 17.5 Å². The number of ether oxygens (including phenoxy) is 2. The highest BCUT2D eigenvalue weighted by Crippen LogP contribution is 2.23. The van der Waals surface area contributed by atoms with Crippen molar-refractivity contribution in [3.05, 3.63) is 72.1 Å². The standard InChI is InChI=1S/C21H22N4O3/c1-3-28-21(26)20-18(23-19(22)13-15-7-5-4-6-8-15)14-25(24-20)16-9-11-17(27-2)12-10-16/h4-12,14H,3,13H2,1-2H3,(H2,22,23). The van der Waals surface area contributed by atoms with Gasteiger partial charge in [0.2, 0.25) is 0 Å². The highest BCUT2D eigenvalue weighted by molar-refractivity contribution is 5.95. The molecule has 0 radical (unpaired) electrons. The van der Waals surface area contributed by atoms with Crippen LogP contribution in [0.3, 0.4) is 0 Å². The van der Waals surface area contributed by atoms with Gasteiger partial charge in [-0.15, -0.1) is 0 Å². The summed E-state index contributed by atoms with van der Waals surface area (Å²) < 4.78 is 11.9. The van der Waals surface area contributed by atoms with E-state index in [2.05, 4.69) is 10.1 Å². The SMILES string of the molecule is CCOC(=O)c1nn(-c2ccc(OC)cc2)cc1N=C(N)Cc1ccccc1. The van der Waals surface area contributed by atoms with Gasteiger partial charge in [0.1, 0.15) is 17.3 Å². The van der Waals surface area contributed by atoms with E-state index in [0.717, 1.165) is 17.0 Å². The topological polar surface area (TPSA) is 91.7 Å². The minimum Gasteiger partial charge on any atom is -0.497 e. The minimum atomic E-state index is -0.541. The molecule has 3 aromatic rings. The van der Waals surface area contributed by atoms with Crippen LogP contribution < -0.4 is 10.5 Å². The summed E-state index contributed by atoms with van der Waals surface area (Å²) in [6.45, 7) is 1.99. The molecule has 0 amide bonds. The summed E-state index contributed by atoms with van der Waals surface area (Å²) in [5, 5.41) is 4.35. The lowest BCUT2D eigenvalue weighted by Gasteiger charge is -2.03. The minimum absolute atomic E-state index is 0.119. The summed E-state index contributed by atoms with van der Waals surface area (Å²) >= 11 is 0. The molecule has 0 atom stereocenters. The molecular weight excluding hydrogens is 356 g/mol. The number of benzene rings is 2. The zero-order valence-electron chi connectivity index (χ0n) is 15.8. The van der Waals surface area contributed by atoms with Crippen LogP contribution in [0.1, 0.15) is 23.0 Å². The van der Waals surface area contributed by atoms with E-state index in [9.17, 15) is 4.79 Å². The van der Waals surface area contributed by atoms with Crippen LogP contribution in [0.4, 0.5) is 5.69 Å². The van der Waals surface area contributed by atoms with Gasteiger partial charge in [0.05, 0.1) is 25.6 Å². The van der Waals surface area contributed by atoms with Crippen LogP contribution in [0.2, 0.25) is 0 Å². The van der Waals surface area contributed by atoms with E-state index < -0.39 is 5.97 Å². The van der Waals surface area contributed by atoms with Crippen LogP contribution in [0.25, 0.3) is 5.69 Å². The molecule has 1 heterocycles. The summed E-state index contributed by atoms with van der Waals surface area (Å²) in [5.74, 6) is 0.568. The average molecular weight is 378 g/mol.